The van der Waals surface area contributed by atoms with Gasteiger partial charge in [-0.2, -0.15) is 0 Å². The minimum atomic E-state index is -0.317. The monoisotopic (exact) mass is 180 g/mol. The molecule has 2 aliphatic rings. The largest absolute Gasteiger partial charge is 0.329 e. The number of rotatable bonds is 0. The van der Waals surface area contributed by atoms with Crippen molar-refractivity contribution in [3.05, 3.63) is 11.8 Å². The van der Waals surface area contributed by atoms with Crippen molar-refractivity contribution in [1.82, 2.24) is 9.80 Å². The number of hydrogen-bond donors (Lipinski definition) is 0. The second-order valence-electron chi connectivity index (χ2n) is 3.46. The van der Waals surface area contributed by atoms with Gasteiger partial charge in [-0.1, -0.05) is 6.08 Å². The lowest BCUT2D eigenvalue weighted by Crippen LogP contribution is -2.54. The third kappa shape index (κ3) is 0.978. The van der Waals surface area contributed by atoms with Crippen molar-refractivity contribution in [3.8, 4) is 0 Å². The summed E-state index contributed by atoms with van der Waals surface area (Å²) in [5, 5.41) is 0. The highest BCUT2D eigenvalue weighted by atomic mass is 16.2. The molecular weight excluding hydrogens is 168 g/mol. The highest BCUT2D eigenvalue weighted by molar-refractivity contribution is 6.04. The zero-order chi connectivity index (χ0) is 9.59. The van der Waals surface area contributed by atoms with Gasteiger partial charge in [-0.05, 0) is 13.3 Å². The summed E-state index contributed by atoms with van der Waals surface area (Å²) in [7, 11) is 1.67. The fourth-order valence-corrected chi connectivity index (χ4v) is 1.74. The second kappa shape index (κ2) is 2.58. The minimum absolute atomic E-state index is 0.0332. The molecule has 2 heterocycles. The SMILES string of the molecule is C[C@H]1C(=O)N2CCC=C2C(=O)N1C. The highest BCUT2D eigenvalue weighted by Crippen LogP contribution is 2.24. The molecule has 2 aliphatic heterocycles. The lowest BCUT2D eigenvalue weighted by Gasteiger charge is -2.35. The van der Waals surface area contributed by atoms with Gasteiger partial charge in [0.15, 0.2) is 0 Å². The van der Waals surface area contributed by atoms with Crippen LogP contribution in [0.2, 0.25) is 0 Å². The Bertz CT molecular complexity index is 309. The first-order valence-corrected chi connectivity index (χ1v) is 4.41. The van der Waals surface area contributed by atoms with E-state index in [1.165, 1.54) is 4.90 Å². The maximum absolute atomic E-state index is 11.7. The summed E-state index contributed by atoms with van der Waals surface area (Å²) in [6.45, 7) is 2.42. The van der Waals surface area contributed by atoms with E-state index in [1.807, 2.05) is 6.08 Å². The molecule has 0 aliphatic carbocycles. The molecule has 0 aromatic rings. The lowest BCUT2D eigenvalue weighted by atomic mass is 10.1. The van der Waals surface area contributed by atoms with Crippen molar-refractivity contribution < 1.29 is 9.59 Å². The molecule has 0 N–H and O–H groups in total. The van der Waals surface area contributed by atoms with Crippen molar-refractivity contribution in [2.45, 2.75) is 19.4 Å². The van der Waals surface area contributed by atoms with Gasteiger partial charge in [0.2, 0.25) is 5.91 Å². The topological polar surface area (TPSA) is 40.6 Å². The van der Waals surface area contributed by atoms with Crippen molar-refractivity contribution in [1.29, 1.82) is 0 Å². The number of carbonyl (C=O) groups is 2. The van der Waals surface area contributed by atoms with Crippen LogP contribution in [0.4, 0.5) is 0 Å². The van der Waals surface area contributed by atoms with Gasteiger partial charge >= 0.3 is 0 Å². The smallest absolute Gasteiger partial charge is 0.270 e. The van der Waals surface area contributed by atoms with E-state index in [2.05, 4.69) is 0 Å². The predicted molar refractivity (Wildman–Crippen MR) is 46.6 cm³/mol. The maximum atomic E-state index is 11.7. The van der Waals surface area contributed by atoms with Crippen molar-refractivity contribution in [3.63, 3.8) is 0 Å². The third-order valence-electron chi connectivity index (χ3n) is 2.73. The Morgan fingerprint density at radius 3 is 2.85 bits per heavy atom. The molecular formula is C9H12N2O2. The van der Waals surface area contributed by atoms with Crippen LogP contribution in [0.3, 0.4) is 0 Å². The zero-order valence-corrected chi connectivity index (χ0v) is 7.78. The average molecular weight is 180 g/mol. The van der Waals surface area contributed by atoms with Crippen LogP contribution in [0.15, 0.2) is 11.8 Å². The first kappa shape index (κ1) is 8.29. The van der Waals surface area contributed by atoms with Crippen molar-refractivity contribution >= 4 is 11.8 Å². The summed E-state index contributed by atoms with van der Waals surface area (Å²) in [6, 6.07) is -0.317. The first-order valence-electron chi connectivity index (χ1n) is 4.41. The number of amides is 2. The summed E-state index contributed by atoms with van der Waals surface area (Å²) in [5.41, 5.74) is 0.561. The second-order valence-corrected chi connectivity index (χ2v) is 3.46. The molecule has 1 fully saturated rings. The molecule has 4 nitrogen and oxygen atoms in total. The van der Waals surface area contributed by atoms with Crippen LogP contribution in [-0.4, -0.2) is 41.2 Å². The number of piperazine rings is 1. The van der Waals surface area contributed by atoms with Gasteiger partial charge in [0.05, 0.1) is 0 Å². The van der Waals surface area contributed by atoms with E-state index < -0.39 is 0 Å². The Kier molecular flexibility index (Phi) is 1.65. The number of hydrogen-bond acceptors (Lipinski definition) is 2. The summed E-state index contributed by atoms with van der Waals surface area (Å²) in [4.78, 5) is 26.4. The predicted octanol–water partition coefficient (Wildman–Crippen LogP) is -0.0369. The standard InChI is InChI=1S/C9H12N2O2/c1-6-8(12)11-5-3-4-7(11)9(13)10(6)2/h4,6H,3,5H2,1-2H3/t6-/m0/s1. The van der Waals surface area contributed by atoms with Crippen LogP contribution in [0.1, 0.15) is 13.3 Å². The van der Waals surface area contributed by atoms with Crippen molar-refractivity contribution in [2.24, 2.45) is 0 Å². The van der Waals surface area contributed by atoms with Crippen LogP contribution >= 0.6 is 0 Å². The number of nitrogens with zero attached hydrogens (tertiary/aromatic N) is 2. The molecule has 2 rings (SSSR count). The molecule has 1 atom stereocenters. The Balaban J connectivity index is 2.38. The van der Waals surface area contributed by atoms with Gasteiger partial charge < -0.3 is 9.80 Å². The van der Waals surface area contributed by atoms with Crippen LogP contribution < -0.4 is 0 Å². The molecule has 13 heavy (non-hydrogen) atoms. The van der Waals surface area contributed by atoms with Gasteiger partial charge in [-0.3, -0.25) is 9.59 Å². The summed E-state index contributed by atoms with van der Waals surface area (Å²) in [6.07, 6.45) is 2.63. The van der Waals surface area contributed by atoms with Crippen LogP contribution in [0.5, 0.6) is 0 Å². The lowest BCUT2D eigenvalue weighted by molar-refractivity contribution is -0.147. The van der Waals surface area contributed by atoms with E-state index >= 15 is 0 Å². The van der Waals surface area contributed by atoms with E-state index in [-0.39, 0.29) is 17.9 Å². The van der Waals surface area contributed by atoms with Gasteiger partial charge in [-0.15, -0.1) is 0 Å². The van der Waals surface area contributed by atoms with Crippen LogP contribution in [-0.2, 0) is 9.59 Å². The van der Waals surface area contributed by atoms with E-state index in [9.17, 15) is 9.59 Å². The molecule has 0 unspecified atom stereocenters. The Labute approximate surface area is 76.8 Å². The van der Waals surface area contributed by atoms with E-state index in [1.54, 1.807) is 18.9 Å². The molecule has 70 valence electrons. The molecule has 2 amide bonds. The molecule has 0 saturated carbocycles. The quantitative estimate of drug-likeness (QED) is 0.525. The molecule has 0 spiro atoms. The van der Waals surface area contributed by atoms with Crippen LogP contribution in [0.25, 0.3) is 0 Å². The Hall–Kier alpha value is -1.32. The zero-order valence-electron chi connectivity index (χ0n) is 7.78. The molecule has 0 aromatic heterocycles. The van der Waals surface area contributed by atoms with Gasteiger partial charge in [-0.25, -0.2) is 0 Å². The van der Waals surface area contributed by atoms with Gasteiger partial charge in [0, 0.05) is 13.6 Å². The molecule has 0 radical (unpaired) electrons. The number of fused-ring (bicyclic) bond motifs is 1. The van der Waals surface area contributed by atoms with Gasteiger partial charge in [0.1, 0.15) is 11.7 Å². The third-order valence-corrected chi connectivity index (χ3v) is 2.73. The van der Waals surface area contributed by atoms with Crippen molar-refractivity contribution in [2.75, 3.05) is 13.6 Å². The summed E-state index contributed by atoms with van der Waals surface area (Å²) in [5.74, 6) is -0.00421. The molecule has 0 bridgehead atoms. The molecule has 0 aromatic carbocycles. The van der Waals surface area contributed by atoms with E-state index in [0.717, 1.165) is 6.42 Å². The first-order chi connectivity index (χ1) is 6.13. The Morgan fingerprint density at radius 1 is 1.46 bits per heavy atom. The molecule has 4 heteroatoms. The minimum Gasteiger partial charge on any atom is -0.329 e. The van der Waals surface area contributed by atoms with E-state index in [0.29, 0.717) is 12.2 Å². The normalized spacial score (nSPS) is 27.8. The van der Waals surface area contributed by atoms with Gasteiger partial charge in [0.25, 0.3) is 5.91 Å². The fourth-order valence-electron chi connectivity index (χ4n) is 1.74. The fraction of sp³-hybridized carbons (Fsp3) is 0.556. The highest BCUT2D eigenvalue weighted by Gasteiger charge is 2.39. The van der Waals surface area contributed by atoms with E-state index in [4.69, 9.17) is 0 Å². The summed E-state index contributed by atoms with van der Waals surface area (Å²) < 4.78 is 0. The maximum Gasteiger partial charge on any atom is 0.270 e. The number of likely N-dealkylation sites (N-methyl/N-ethyl adjacent to an activating group) is 1. The number of carbonyl (C=O) groups excluding carboxylic acids is 2. The van der Waals surface area contributed by atoms with Crippen LogP contribution in [0, 0.1) is 0 Å². The molecule has 1 saturated heterocycles. The average Bonchev–Trinajstić information content (AvgIpc) is 2.59. The summed E-state index contributed by atoms with van der Waals surface area (Å²) >= 11 is 0. The Morgan fingerprint density at radius 2 is 2.15 bits per heavy atom.